The number of carbonyl (C=O) groups excluding carboxylic acids is 1. The van der Waals surface area contributed by atoms with Crippen LogP contribution in [0.1, 0.15) is 40.5 Å². The molecule has 4 nitrogen and oxygen atoms in total. The zero-order valence-electron chi connectivity index (χ0n) is 12.4. The summed E-state index contributed by atoms with van der Waals surface area (Å²) >= 11 is 0. The average molecular weight is 255 g/mol. The number of carbonyl (C=O) groups is 1. The molecule has 0 aromatic rings. The lowest BCUT2D eigenvalue weighted by Crippen LogP contribution is -2.58. The van der Waals surface area contributed by atoms with Gasteiger partial charge in [-0.2, -0.15) is 0 Å². The molecule has 0 saturated carbocycles. The average Bonchev–Trinajstić information content (AvgIpc) is 2.28. The molecule has 0 aromatic heterocycles. The molecule has 2 N–H and O–H groups in total. The Morgan fingerprint density at radius 1 is 1.28 bits per heavy atom. The van der Waals surface area contributed by atoms with Gasteiger partial charge in [0.25, 0.3) is 0 Å². The number of nitrogens with zero attached hydrogens (tertiary/aromatic N) is 2. The molecule has 1 heterocycles. The Bertz CT molecular complexity index is 268. The number of hydrogen-bond acceptors (Lipinski definition) is 3. The van der Waals surface area contributed by atoms with Crippen LogP contribution in [0.4, 0.5) is 0 Å². The van der Waals surface area contributed by atoms with Gasteiger partial charge in [0.2, 0.25) is 5.91 Å². The fraction of sp³-hybridized carbons (Fsp3) is 0.929. The Kier molecular flexibility index (Phi) is 5.60. The molecular formula is C14H29N3O. The maximum absolute atomic E-state index is 12.3. The van der Waals surface area contributed by atoms with Crippen LogP contribution in [0.15, 0.2) is 0 Å². The summed E-state index contributed by atoms with van der Waals surface area (Å²) in [7, 11) is 0. The van der Waals surface area contributed by atoms with Crippen LogP contribution in [0, 0.1) is 5.92 Å². The van der Waals surface area contributed by atoms with Gasteiger partial charge in [-0.15, -0.1) is 0 Å². The molecule has 0 radical (unpaired) electrons. The highest BCUT2D eigenvalue weighted by Crippen LogP contribution is 2.15. The highest BCUT2D eigenvalue weighted by molar-refractivity contribution is 5.85. The van der Waals surface area contributed by atoms with E-state index < -0.39 is 5.54 Å². The predicted octanol–water partition coefficient (Wildman–Crippen LogP) is 1.30. The molecule has 1 unspecified atom stereocenters. The Hall–Kier alpha value is -0.610. The van der Waals surface area contributed by atoms with E-state index in [0.29, 0.717) is 5.92 Å². The molecule has 0 spiro atoms. The van der Waals surface area contributed by atoms with Gasteiger partial charge in [0.1, 0.15) is 0 Å². The van der Waals surface area contributed by atoms with Crippen LogP contribution < -0.4 is 5.73 Å². The van der Waals surface area contributed by atoms with E-state index in [9.17, 15) is 4.79 Å². The van der Waals surface area contributed by atoms with Crippen molar-refractivity contribution >= 4 is 5.91 Å². The number of nitrogens with two attached hydrogens (primary N) is 1. The molecule has 1 atom stereocenters. The second-order valence-corrected chi connectivity index (χ2v) is 6.15. The van der Waals surface area contributed by atoms with Crippen molar-refractivity contribution in [3.63, 3.8) is 0 Å². The zero-order chi connectivity index (χ0) is 13.8. The molecular weight excluding hydrogens is 226 g/mol. The summed E-state index contributed by atoms with van der Waals surface area (Å²) < 4.78 is 0. The SMILES string of the molecule is CCCC(C)(N)C(=O)N1CCN(CC(C)C)CC1. The van der Waals surface area contributed by atoms with E-state index in [0.717, 1.165) is 45.6 Å². The first-order chi connectivity index (χ1) is 8.36. The van der Waals surface area contributed by atoms with Gasteiger partial charge in [0.15, 0.2) is 0 Å². The highest BCUT2D eigenvalue weighted by Gasteiger charge is 2.33. The highest BCUT2D eigenvalue weighted by atomic mass is 16.2. The minimum Gasteiger partial charge on any atom is -0.339 e. The van der Waals surface area contributed by atoms with Crippen molar-refractivity contribution in [1.82, 2.24) is 9.80 Å². The largest absolute Gasteiger partial charge is 0.339 e. The Balaban J connectivity index is 2.45. The van der Waals surface area contributed by atoms with E-state index in [4.69, 9.17) is 5.73 Å². The molecule has 1 amide bonds. The standard InChI is InChI=1S/C14H29N3O/c1-5-6-14(4,15)13(18)17-9-7-16(8-10-17)11-12(2)3/h12H,5-11,15H2,1-4H3. The van der Waals surface area contributed by atoms with E-state index in [-0.39, 0.29) is 5.91 Å². The van der Waals surface area contributed by atoms with E-state index in [1.54, 1.807) is 0 Å². The number of piperazine rings is 1. The third kappa shape index (κ3) is 4.25. The minimum absolute atomic E-state index is 0.119. The van der Waals surface area contributed by atoms with Crippen LogP contribution in [0.2, 0.25) is 0 Å². The Labute approximate surface area is 111 Å². The lowest BCUT2D eigenvalue weighted by molar-refractivity contribution is -0.138. The predicted molar refractivity (Wildman–Crippen MR) is 75.4 cm³/mol. The zero-order valence-corrected chi connectivity index (χ0v) is 12.4. The number of hydrogen-bond donors (Lipinski definition) is 1. The minimum atomic E-state index is -0.686. The lowest BCUT2D eigenvalue weighted by atomic mass is 9.95. The van der Waals surface area contributed by atoms with Crippen LogP contribution in [0.25, 0.3) is 0 Å². The van der Waals surface area contributed by atoms with Gasteiger partial charge in [0, 0.05) is 32.7 Å². The van der Waals surface area contributed by atoms with Crippen molar-refractivity contribution < 1.29 is 4.79 Å². The van der Waals surface area contributed by atoms with Crippen LogP contribution in [0.5, 0.6) is 0 Å². The van der Waals surface area contributed by atoms with E-state index >= 15 is 0 Å². The molecule has 4 heteroatoms. The maximum atomic E-state index is 12.3. The fourth-order valence-corrected chi connectivity index (χ4v) is 2.64. The molecule has 0 bridgehead atoms. The van der Waals surface area contributed by atoms with E-state index in [2.05, 4.69) is 25.7 Å². The van der Waals surface area contributed by atoms with Gasteiger partial charge in [-0.3, -0.25) is 9.69 Å². The molecule has 18 heavy (non-hydrogen) atoms. The van der Waals surface area contributed by atoms with E-state index in [1.807, 2.05) is 11.8 Å². The van der Waals surface area contributed by atoms with Gasteiger partial charge in [-0.05, 0) is 19.3 Å². The summed E-state index contributed by atoms with van der Waals surface area (Å²) in [6.07, 6.45) is 1.71. The molecule has 1 fully saturated rings. The van der Waals surface area contributed by atoms with Gasteiger partial charge in [0.05, 0.1) is 5.54 Å². The van der Waals surface area contributed by atoms with Crippen LogP contribution in [-0.4, -0.2) is 54.0 Å². The van der Waals surface area contributed by atoms with Crippen molar-refractivity contribution in [2.75, 3.05) is 32.7 Å². The van der Waals surface area contributed by atoms with Crippen molar-refractivity contribution in [3.05, 3.63) is 0 Å². The Morgan fingerprint density at radius 2 is 1.83 bits per heavy atom. The maximum Gasteiger partial charge on any atom is 0.242 e. The molecule has 106 valence electrons. The van der Waals surface area contributed by atoms with Gasteiger partial charge >= 0.3 is 0 Å². The summed E-state index contributed by atoms with van der Waals surface area (Å²) in [4.78, 5) is 16.7. The van der Waals surface area contributed by atoms with Gasteiger partial charge < -0.3 is 10.6 Å². The third-order valence-corrected chi connectivity index (χ3v) is 3.54. The molecule has 1 rings (SSSR count). The molecule has 1 aliphatic rings. The first-order valence-corrected chi connectivity index (χ1v) is 7.17. The summed E-state index contributed by atoms with van der Waals surface area (Å²) in [5, 5.41) is 0. The normalized spacial score (nSPS) is 21.1. The fourth-order valence-electron chi connectivity index (χ4n) is 2.64. The molecule has 1 saturated heterocycles. The van der Waals surface area contributed by atoms with Crippen molar-refractivity contribution in [3.8, 4) is 0 Å². The quantitative estimate of drug-likeness (QED) is 0.805. The topological polar surface area (TPSA) is 49.6 Å². The molecule has 0 aromatic carbocycles. The van der Waals surface area contributed by atoms with Crippen molar-refractivity contribution in [2.24, 2.45) is 11.7 Å². The molecule has 1 aliphatic heterocycles. The first-order valence-electron chi connectivity index (χ1n) is 7.17. The van der Waals surface area contributed by atoms with Crippen LogP contribution in [-0.2, 0) is 4.79 Å². The van der Waals surface area contributed by atoms with E-state index in [1.165, 1.54) is 0 Å². The number of amides is 1. The Morgan fingerprint density at radius 3 is 2.28 bits per heavy atom. The monoisotopic (exact) mass is 255 g/mol. The van der Waals surface area contributed by atoms with Gasteiger partial charge in [-0.1, -0.05) is 27.2 Å². The first kappa shape index (κ1) is 15.4. The number of rotatable bonds is 5. The van der Waals surface area contributed by atoms with Gasteiger partial charge in [-0.25, -0.2) is 0 Å². The third-order valence-electron chi connectivity index (χ3n) is 3.54. The molecule has 0 aliphatic carbocycles. The smallest absolute Gasteiger partial charge is 0.242 e. The summed E-state index contributed by atoms with van der Waals surface area (Å²) in [5.41, 5.74) is 5.43. The van der Waals surface area contributed by atoms with Crippen LogP contribution in [0.3, 0.4) is 0 Å². The summed E-state index contributed by atoms with van der Waals surface area (Å²) in [6.45, 7) is 13.1. The summed E-state index contributed by atoms with van der Waals surface area (Å²) in [6, 6.07) is 0. The second-order valence-electron chi connectivity index (χ2n) is 6.15. The summed E-state index contributed by atoms with van der Waals surface area (Å²) in [5.74, 6) is 0.806. The van der Waals surface area contributed by atoms with Crippen LogP contribution >= 0.6 is 0 Å². The lowest BCUT2D eigenvalue weighted by Gasteiger charge is -2.39. The second kappa shape index (κ2) is 6.53. The van der Waals surface area contributed by atoms with Crippen molar-refractivity contribution in [2.45, 2.75) is 46.1 Å². The van der Waals surface area contributed by atoms with Crippen molar-refractivity contribution in [1.29, 1.82) is 0 Å².